The number of rotatable bonds is 8. The Bertz CT molecular complexity index is 653. The van der Waals surface area contributed by atoms with Gasteiger partial charge in [-0.15, -0.1) is 0 Å². The van der Waals surface area contributed by atoms with Crippen molar-refractivity contribution in [1.29, 1.82) is 0 Å². The molecule has 0 saturated heterocycles. The summed E-state index contributed by atoms with van der Waals surface area (Å²) < 4.78 is 10.6. The second kappa shape index (κ2) is 10.8. The summed E-state index contributed by atoms with van der Waals surface area (Å²) in [6.45, 7) is 4.45. The van der Waals surface area contributed by atoms with Crippen molar-refractivity contribution in [2.45, 2.75) is 52.0 Å². The number of hydrogen-bond acceptors (Lipinski definition) is 4. The standard InChI is InChI=1S/C20H27Cl2NO4/c1-13-5-3-6-17(14(13)2)23-19(24)12-27-20(25)7-4-10-26-18-9-8-15(21)11-16(18)22/h8-9,11,13-14,17H,3-7,10,12H2,1-2H3,(H,23,24)/t13-,14-,17+/m1/s1. The van der Waals surface area contributed by atoms with Crippen molar-refractivity contribution in [3.8, 4) is 5.75 Å². The monoisotopic (exact) mass is 415 g/mol. The number of nitrogens with one attached hydrogen (secondary N) is 1. The molecular formula is C20H27Cl2NO4. The van der Waals surface area contributed by atoms with E-state index in [9.17, 15) is 9.59 Å². The lowest BCUT2D eigenvalue weighted by Gasteiger charge is -2.34. The van der Waals surface area contributed by atoms with Gasteiger partial charge >= 0.3 is 5.97 Å². The van der Waals surface area contributed by atoms with Gasteiger partial charge in [-0.05, 0) is 42.9 Å². The van der Waals surface area contributed by atoms with E-state index in [1.165, 1.54) is 6.42 Å². The number of carbonyl (C=O) groups excluding carboxylic acids is 2. The average molecular weight is 416 g/mol. The Kier molecular flexibility index (Phi) is 8.71. The maximum absolute atomic E-state index is 12.0. The first-order chi connectivity index (χ1) is 12.9. The van der Waals surface area contributed by atoms with Gasteiger partial charge in [0, 0.05) is 17.5 Å². The summed E-state index contributed by atoms with van der Waals surface area (Å²) in [4.78, 5) is 23.8. The van der Waals surface area contributed by atoms with Crippen LogP contribution in [0.3, 0.4) is 0 Å². The molecule has 3 atom stereocenters. The van der Waals surface area contributed by atoms with Crippen molar-refractivity contribution >= 4 is 35.1 Å². The molecule has 0 aromatic heterocycles. The molecule has 1 N–H and O–H groups in total. The molecule has 0 bridgehead atoms. The third-order valence-electron chi connectivity index (χ3n) is 5.09. The zero-order chi connectivity index (χ0) is 19.8. The summed E-state index contributed by atoms with van der Waals surface area (Å²) in [6, 6.07) is 5.13. The Hall–Kier alpha value is -1.46. The highest BCUT2D eigenvalue weighted by Crippen LogP contribution is 2.29. The number of ether oxygens (including phenoxy) is 2. The van der Waals surface area contributed by atoms with Gasteiger partial charge in [0.2, 0.25) is 0 Å². The number of amides is 1. The predicted molar refractivity (Wildman–Crippen MR) is 106 cm³/mol. The van der Waals surface area contributed by atoms with E-state index >= 15 is 0 Å². The summed E-state index contributed by atoms with van der Waals surface area (Å²) in [5, 5.41) is 3.95. The van der Waals surface area contributed by atoms with Gasteiger partial charge in [-0.1, -0.05) is 49.9 Å². The smallest absolute Gasteiger partial charge is 0.306 e. The van der Waals surface area contributed by atoms with Crippen LogP contribution in [0.4, 0.5) is 0 Å². The molecule has 1 aliphatic carbocycles. The highest BCUT2D eigenvalue weighted by molar-refractivity contribution is 6.35. The Morgan fingerprint density at radius 3 is 2.74 bits per heavy atom. The SMILES string of the molecule is C[C@@H]1[C@H](C)CCC[C@@H]1NC(=O)COC(=O)CCCOc1ccc(Cl)cc1Cl. The van der Waals surface area contributed by atoms with Gasteiger partial charge in [-0.2, -0.15) is 0 Å². The second-order valence-electron chi connectivity index (χ2n) is 7.13. The van der Waals surface area contributed by atoms with Crippen LogP contribution in [0.1, 0.15) is 46.0 Å². The van der Waals surface area contributed by atoms with Crippen LogP contribution in [0, 0.1) is 11.8 Å². The fourth-order valence-electron chi connectivity index (χ4n) is 3.24. The Morgan fingerprint density at radius 2 is 2.00 bits per heavy atom. The summed E-state index contributed by atoms with van der Waals surface area (Å²) in [5.41, 5.74) is 0. The first kappa shape index (κ1) is 21.8. The van der Waals surface area contributed by atoms with E-state index in [0.29, 0.717) is 40.7 Å². The first-order valence-electron chi connectivity index (χ1n) is 9.39. The maximum atomic E-state index is 12.0. The normalized spacial score (nSPS) is 22.1. The molecule has 1 aromatic carbocycles. The lowest BCUT2D eigenvalue weighted by Crippen LogP contribution is -2.45. The highest BCUT2D eigenvalue weighted by atomic mass is 35.5. The fourth-order valence-corrected chi connectivity index (χ4v) is 3.71. The summed E-state index contributed by atoms with van der Waals surface area (Å²) in [5.74, 6) is 0.903. The largest absolute Gasteiger partial charge is 0.492 e. The average Bonchev–Trinajstić information content (AvgIpc) is 2.62. The molecule has 0 radical (unpaired) electrons. The summed E-state index contributed by atoms with van der Waals surface area (Å²) >= 11 is 11.8. The zero-order valence-electron chi connectivity index (χ0n) is 15.8. The maximum Gasteiger partial charge on any atom is 0.306 e. The number of benzene rings is 1. The number of hydrogen-bond donors (Lipinski definition) is 1. The van der Waals surface area contributed by atoms with Crippen molar-refractivity contribution < 1.29 is 19.1 Å². The molecule has 2 rings (SSSR count). The molecule has 0 spiro atoms. The molecule has 150 valence electrons. The van der Waals surface area contributed by atoms with Crippen molar-refractivity contribution in [2.75, 3.05) is 13.2 Å². The van der Waals surface area contributed by atoms with Crippen LogP contribution in [0.15, 0.2) is 18.2 Å². The van der Waals surface area contributed by atoms with Gasteiger partial charge in [-0.25, -0.2) is 0 Å². The van der Waals surface area contributed by atoms with E-state index in [-0.39, 0.29) is 25.0 Å². The van der Waals surface area contributed by atoms with E-state index in [0.717, 1.165) is 12.8 Å². The molecular weight excluding hydrogens is 389 g/mol. The van der Waals surface area contributed by atoms with Gasteiger partial charge < -0.3 is 14.8 Å². The van der Waals surface area contributed by atoms with Gasteiger partial charge in [0.15, 0.2) is 6.61 Å². The summed E-state index contributed by atoms with van der Waals surface area (Å²) in [6.07, 6.45) is 3.95. The quantitative estimate of drug-likeness (QED) is 0.496. The topological polar surface area (TPSA) is 64.6 Å². The van der Waals surface area contributed by atoms with E-state index < -0.39 is 5.97 Å². The van der Waals surface area contributed by atoms with Crippen molar-refractivity contribution in [2.24, 2.45) is 11.8 Å². The Balaban J connectivity index is 1.60. The van der Waals surface area contributed by atoms with Crippen LogP contribution in [0.2, 0.25) is 10.0 Å². The minimum Gasteiger partial charge on any atom is -0.492 e. The van der Waals surface area contributed by atoms with E-state index in [2.05, 4.69) is 19.2 Å². The minimum absolute atomic E-state index is 0.164. The Morgan fingerprint density at radius 1 is 1.22 bits per heavy atom. The molecule has 1 aromatic rings. The van der Waals surface area contributed by atoms with Gasteiger partial charge in [0.25, 0.3) is 5.91 Å². The zero-order valence-corrected chi connectivity index (χ0v) is 17.3. The lowest BCUT2D eigenvalue weighted by atomic mass is 9.78. The van der Waals surface area contributed by atoms with Crippen molar-refractivity contribution in [1.82, 2.24) is 5.32 Å². The second-order valence-corrected chi connectivity index (χ2v) is 7.97. The van der Waals surface area contributed by atoms with Gasteiger partial charge in [0.05, 0.1) is 11.6 Å². The third kappa shape index (κ3) is 7.23. The van der Waals surface area contributed by atoms with E-state index in [4.69, 9.17) is 32.7 Å². The first-order valence-corrected chi connectivity index (χ1v) is 10.1. The molecule has 0 aliphatic heterocycles. The number of halogens is 2. The number of esters is 1. The molecule has 0 unspecified atom stereocenters. The number of carbonyl (C=O) groups is 2. The lowest BCUT2D eigenvalue weighted by molar-refractivity contribution is -0.149. The van der Waals surface area contributed by atoms with Crippen LogP contribution >= 0.6 is 23.2 Å². The molecule has 1 fully saturated rings. The van der Waals surface area contributed by atoms with Crippen molar-refractivity contribution in [3.63, 3.8) is 0 Å². The Labute approximate surface area is 170 Å². The van der Waals surface area contributed by atoms with E-state index in [1.54, 1.807) is 18.2 Å². The molecule has 1 amide bonds. The minimum atomic E-state index is -0.416. The molecule has 5 nitrogen and oxygen atoms in total. The summed E-state index contributed by atoms with van der Waals surface area (Å²) in [7, 11) is 0. The van der Waals surface area contributed by atoms with Crippen LogP contribution < -0.4 is 10.1 Å². The molecule has 1 aliphatic rings. The third-order valence-corrected chi connectivity index (χ3v) is 5.62. The van der Waals surface area contributed by atoms with Gasteiger partial charge in [0.1, 0.15) is 5.75 Å². The molecule has 1 saturated carbocycles. The molecule has 27 heavy (non-hydrogen) atoms. The highest BCUT2D eigenvalue weighted by Gasteiger charge is 2.28. The van der Waals surface area contributed by atoms with Crippen LogP contribution in [0.5, 0.6) is 5.75 Å². The van der Waals surface area contributed by atoms with Crippen LogP contribution in [-0.2, 0) is 14.3 Å². The van der Waals surface area contributed by atoms with Crippen LogP contribution in [0.25, 0.3) is 0 Å². The van der Waals surface area contributed by atoms with E-state index in [1.807, 2.05) is 0 Å². The van der Waals surface area contributed by atoms with Gasteiger partial charge in [-0.3, -0.25) is 9.59 Å². The van der Waals surface area contributed by atoms with Crippen molar-refractivity contribution in [3.05, 3.63) is 28.2 Å². The van der Waals surface area contributed by atoms with Crippen LogP contribution in [-0.4, -0.2) is 31.1 Å². The molecule has 7 heteroatoms. The molecule has 0 heterocycles. The fraction of sp³-hybridized carbons (Fsp3) is 0.600. The predicted octanol–water partition coefficient (Wildman–Crippen LogP) is 4.64.